The van der Waals surface area contributed by atoms with E-state index in [2.05, 4.69) is 15.3 Å². The minimum atomic E-state index is 0.00497. The van der Waals surface area contributed by atoms with E-state index in [0.29, 0.717) is 11.8 Å². The molecule has 1 aliphatic rings. The van der Waals surface area contributed by atoms with Crippen LogP contribution in [0.3, 0.4) is 0 Å². The maximum absolute atomic E-state index is 12.3. The van der Waals surface area contributed by atoms with E-state index in [1.165, 1.54) is 0 Å². The SMILES string of the molecule is Cc1ccnc(Oc2ccc(NC(=O)C3CCCC(N)C3)cc2)n1. The van der Waals surface area contributed by atoms with Gasteiger partial charge in [-0.15, -0.1) is 0 Å². The van der Waals surface area contributed by atoms with Crippen LogP contribution in [0.4, 0.5) is 5.69 Å². The number of amides is 1. The molecule has 0 bridgehead atoms. The van der Waals surface area contributed by atoms with Crippen LogP contribution in [0.2, 0.25) is 0 Å². The minimum Gasteiger partial charge on any atom is -0.424 e. The summed E-state index contributed by atoms with van der Waals surface area (Å²) in [5, 5.41) is 2.95. The fraction of sp³-hybridized carbons (Fsp3) is 0.389. The van der Waals surface area contributed by atoms with Crippen molar-refractivity contribution in [1.29, 1.82) is 0 Å². The molecule has 0 aliphatic heterocycles. The Kier molecular flexibility index (Phi) is 5.05. The summed E-state index contributed by atoms with van der Waals surface area (Å²) in [7, 11) is 0. The third-order valence-corrected chi connectivity index (χ3v) is 4.19. The molecule has 1 aromatic carbocycles. The molecule has 2 atom stereocenters. The zero-order chi connectivity index (χ0) is 16.9. The van der Waals surface area contributed by atoms with Gasteiger partial charge in [-0.1, -0.05) is 6.42 Å². The summed E-state index contributed by atoms with van der Waals surface area (Å²) in [6, 6.07) is 9.45. The van der Waals surface area contributed by atoms with Crippen LogP contribution in [0.5, 0.6) is 11.8 Å². The van der Waals surface area contributed by atoms with Crippen LogP contribution >= 0.6 is 0 Å². The fourth-order valence-corrected chi connectivity index (χ4v) is 2.90. The lowest BCUT2D eigenvalue weighted by Crippen LogP contribution is -2.34. The Labute approximate surface area is 141 Å². The lowest BCUT2D eigenvalue weighted by molar-refractivity contribution is -0.120. The van der Waals surface area contributed by atoms with Crippen LogP contribution in [-0.2, 0) is 4.79 Å². The number of ether oxygens (including phenoxy) is 1. The van der Waals surface area contributed by atoms with Crippen LogP contribution in [0, 0.1) is 12.8 Å². The molecule has 2 unspecified atom stereocenters. The van der Waals surface area contributed by atoms with Gasteiger partial charge >= 0.3 is 6.01 Å². The number of aromatic nitrogens is 2. The summed E-state index contributed by atoms with van der Waals surface area (Å²) in [5.74, 6) is 0.671. The van der Waals surface area contributed by atoms with Crippen molar-refractivity contribution >= 4 is 11.6 Å². The summed E-state index contributed by atoms with van der Waals surface area (Å²) in [5.41, 5.74) is 7.54. The molecule has 1 aliphatic carbocycles. The molecule has 1 aromatic heterocycles. The third kappa shape index (κ3) is 4.29. The number of hydrogen-bond donors (Lipinski definition) is 2. The highest BCUT2D eigenvalue weighted by molar-refractivity contribution is 5.92. The van der Waals surface area contributed by atoms with Crippen molar-refractivity contribution in [2.45, 2.75) is 38.6 Å². The number of nitrogens with two attached hydrogens (primary N) is 1. The number of nitrogens with one attached hydrogen (secondary N) is 1. The highest BCUT2D eigenvalue weighted by Crippen LogP contribution is 2.25. The molecule has 0 radical (unpaired) electrons. The van der Waals surface area contributed by atoms with Crippen LogP contribution in [-0.4, -0.2) is 21.9 Å². The Balaban J connectivity index is 1.59. The van der Waals surface area contributed by atoms with Gasteiger partial charge in [0.15, 0.2) is 0 Å². The predicted molar refractivity (Wildman–Crippen MR) is 91.8 cm³/mol. The molecule has 1 saturated carbocycles. The first-order valence-electron chi connectivity index (χ1n) is 8.24. The Morgan fingerprint density at radius 1 is 1.25 bits per heavy atom. The smallest absolute Gasteiger partial charge is 0.322 e. The number of rotatable bonds is 4. The van der Waals surface area contributed by atoms with Crippen molar-refractivity contribution < 1.29 is 9.53 Å². The molecule has 6 heteroatoms. The molecule has 126 valence electrons. The largest absolute Gasteiger partial charge is 0.424 e. The second-order valence-corrected chi connectivity index (χ2v) is 6.22. The van der Waals surface area contributed by atoms with Gasteiger partial charge in [0.25, 0.3) is 0 Å². The highest BCUT2D eigenvalue weighted by atomic mass is 16.5. The molecular weight excluding hydrogens is 304 g/mol. The summed E-state index contributed by atoms with van der Waals surface area (Å²) in [6.45, 7) is 1.88. The van der Waals surface area contributed by atoms with Gasteiger partial charge in [-0.05, 0) is 56.5 Å². The summed E-state index contributed by atoms with van der Waals surface area (Å²) >= 11 is 0. The summed E-state index contributed by atoms with van der Waals surface area (Å²) in [4.78, 5) is 20.6. The number of hydrogen-bond acceptors (Lipinski definition) is 5. The van der Waals surface area contributed by atoms with E-state index in [-0.39, 0.29) is 17.9 Å². The van der Waals surface area contributed by atoms with E-state index in [1.807, 2.05) is 25.1 Å². The van der Waals surface area contributed by atoms with E-state index in [4.69, 9.17) is 10.5 Å². The second kappa shape index (κ2) is 7.40. The molecule has 3 rings (SSSR count). The lowest BCUT2D eigenvalue weighted by atomic mass is 9.85. The molecule has 6 nitrogen and oxygen atoms in total. The summed E-state index contributed by atoms with van der Waals surface area (Å²) < 4.78 is 5.60. The average Bonchev–Trinajstić information content (AvgIpc) is 2.57. The highest BCUT2D eigenvalue weighted by Gasteiger charge is 2.25. The molecule has 1 heterocycles. The molecule has 24 heavy (non-hydrogen) atoms. The second-order valence-electron chi connectivity index (χ2n) is 6.22. The van der Waals surface area contributed by atoms with E-state index in [9.17, 15) is 4.79 Å². The van der Waals surface area contributed by atoms with Gasteiger partial charge < -0.3 is 15.8 Å². The Hall–Kier alpha value is -2.47. The number of benzene rings is 1. The molecular formula is C18H22N4O2. The monoisotopic (exact) mass is 326 g/mol. The van der Waals surface area contributed by atoms with Gasteiger partial charge in [-0.2, -0.15) is 0 Å². The molecule has 2 aromatic rings. The Morgan fingerprint density at radius 2 is 2.04 bits per heavy atom. The van der Waals surface area contributed by atoms with Gasteiger partial charge in [0, 0.05) is 29.5 Å². The molecule has 0 spiro atoms. The van der Waals surface area contributed by atoms with Crippen molar-refractivity contribution in [2.75, 3.05) is 5.32 Å². The van der Waals surface area contributed by atoms with Crippen LogP contribution < -0.4 is 15.8 Å². The zero-order valence-electron chi connectivity index (χ0n) is 13.7. The number of carbonyl (C=O) groups excluding carboxylic acids is 1. The first kappa shape index (κ1) is 16.4. The average molecular weight is 326 g/mol. The quantitative estimate of drug-likeness (QED) is 0.901. The van der Waals surface area contributed by atoms with Crippen LogP contribution in [0.25, 0.3) is 0 Å². The fourth-order valence-electron chi connectivity index (χ4n) is 2.90. The number of aryl methyl sites for hydroxylation is 1. The van der Waals surface area contributed by atoms with Gasteiger partial charge in [-0.3, -0.25) is 4.79 Å². The maximum atomic E-state index is 12.3. The molecule has 0 saturated heterocycles. The van der Waals surface area contributed by atoms with Gasteiger partial charge in [0.1, 0.15) is 5.75 Å². The van der Waals surface area contributed by atoms with E-state index in [0.717, 1.165) is 37.1 Å². The minimum absolute atomic E-state index is 0.00497. The van der Waals surface area contributed by atoms with Crippen LogP contribution in [0.1, 0.15) is 31.4 Å². The molecule has 3 N–H and O–H groups in total. The molecule has 1 fully saturated rings. The molecule has 1 amide bonds. The van der Waals surface area contributed by atoms with Crippen molar-refractivity contribution in [3.8, 4) is 11.8 Å². The Morgan fingerprint density at radius 3 is 2.75 bits per heavy atom. The topological polar surface area (TPSA) is 90.1 Å². The van der Waals surface area contributed by atoms with Gasteiger partial charge in [0.05, 0.1) is 0 Å². The maximum Gasteiger partial charge on any atom is 0.322 e. The van der Waals surface area contributed by atoms with E-state index in [1.54, 1.807) is 18.3 Å². The van der Waals surface area contributed by atoms with Gasteiger partial charge in [0.2, 0.25) is 5.91 Å². The lowest BCUT2D eigenvalue weighted by Gasteiger charge is -2.25. The van der Waals surface area contributed by atoms with E-state index >= 15 is 0 Å². The third-order valence-electron chi connectivity index (χ3n) is 4.19. The zero-order valence-corrected chi connectivity index (χ0v) is 13.7. The van der Waals surface area contributed by atoms with Gasteiger partial charge in [-0.25, -0.2) is 9.97 Å². The number of carbonyl (C=O) groups is 1. The van der Waals surface area contributed by atoms with Crippen molar-refractivity contribution in [3.63, 3.8) is 0 Å². The van der Waals surface area contributed by atoms with Crippen molar-refractivity contribution in [3.05, 3.63) is 42.2 Å². The van der Waals surface area contributed by atoms with E-state index < -0.39 is 0 Å². The van der Waals surface area contributed by atoms with Crippen LogP contribution in [0.15, 0.2) is 36.5 Å². The number of nitrogens with zero attached hydrogens (tertiary/aromatic N) is 2. The standard InChI is InChI=1S/C18H22N4O2/c1-12-9-10-20-18(21-12)24-16-7-5-15(6-8-16)22-17(23)13-3-2-4-14(19)11-13/h5-10,13-14H,2-4,11,19H2,1H3,(H,22,23). The first-order valence-corrected chi connectivity index (χ1v) is 8.24. The predicted octanol–water partition coefficient (Wildman–Crippen LogP) is 3.03. The Bertz CT molecular complexity index is 702. The normalized spacial score (nSPS) is 20.4. The number of anilines is 1. The van der Waals surface area contributed by atoms with Crippen molar-refractivity contribution in [1.82, 2.24) is 9.97 Å². The van der Waals surface area contributed by atoms with Crippen molar-refractivity contribution in [2.24, 2.45) is 11.7 Å². The summed E-state index contributed by atoms with van der Waals surface area (Å²) in [6.07, 6.45) is 5.35. The first-order chi connectivity index (χ1) is 11.6.